The standard InChI is InChI=1S/C26H35N5O2/c1-19-16-22(11-12-25(27-2)28-13-5-15-32)29-18-24(19)20-7-9-21(10-8-20)26(33)30-17-23-6-4-14-31(23)3/h7-12,18,23,32H,1,4-6,13-17H2,2-3H3,(H,27,28)(H,30,33)/b12-11-. The van der Waals surface area contributed by atoms with Crippen molar-refractivity contribution in [1.82, 2.24) is 15.5 Å². The summed E-state index contributed by atoms with van der Waals surface area (Å²) in [6.45, 7) is 6.83. The maximum absolute atomic E-state index is 12.5. The number of nitrogens with zero attached hydrogens (tertiary/aromatic N) is 3. The highest BCUT2D eigenvalue weighted by Crippen LogP contribution is 2.28. The van der Waals surface area contributed by atoms with E-state index < -0.39 is 0 Å². The third kappa shape index (κ3) is 6.97. The molecule has 0 aliphatic carbocycles. The first-order valence-electron chi connectivity index (χ1n) is 11.5. The van der Waals surface area contributed by atoms with E-state index in [2.05, 4.69) is 39.1 Å². The Bertz CT molecular complexity index is 959. The molecule has 0 bridgehead atoms. The molecule has 1 fully saturated rings. The summed E-state index contributed by atoms with van der Waals surface area (Å²) in [5.41, 5.74) is 4.53. The summed E-state index contributed by atoms with van der Waals surface area (Å²) in [4.78, 5) is 23.6. The summed E-state index contributed by atoms with van der Waals surface area (Å²) < 4.78 is 0. The van der Waals surface area contributed by atoms with Gasteiger partial charge in [-0.15, -0.1) is 0 Å². The second-order valence-electron chi connectivity index (χ2n) is 8.45. The zero-order valence-corrected chi connectivity index (χ0v) is 19.7. The van der Waals surface area contributed by atoms with Gasteiger partial charge in [0.15, 0.2) is 0 Å². The lowest BCUT2D eigenvalue weighted by Gasteiger charge is -2.19. The summed E-state index contributed by atoms with van der Waals surface area (Å²) in [6, 6.07) is 8.06. The van der Waals surface area contributed by atoms with Crippen LogP contribution in [0.15, 0.2) is 64.8 Å². The third-order valence-corrected chi connectivity index (χ3v) is 6.08. The van der Waals surface area contributed by atoms with Crippen LogP contribution in [0.1, 0.15) is 41.6 Å². The van der Waals surface area contributed by atoms with Crippen molar-refractivity contribution in [3.8, 4) is 0 Å². The molecule has 3 rings (SSSR count). The summed E-state index contributed by atoms with van der Waals surface area (Å²) in [5.74, 6) is 0.713. The summed E-state index contributed by atoms with van der Waals surface area (Å²) in [6.07, 6.45) is 9.30. The second kappa shape index (κ2) is 12.3. The Morgan fingerprint density at radius 3 is 2.76 bits per heavy atom. The predicted octanol–water partition coefficient (Wildman–Crippen LogP) is 2.81. The molecule has 0 saturated carbocycles. The molecule has 2 aliphatic heterocycles. The van der Waals surface area contributed by atoms with Gasteiger partial charge in [-0.3, -0.25) is 14.8 Å². The lowest BCUT2D eigenvalue weighted by molar-refractivity contribution is 0.0943. The smallest absolute Gasteiger partial charge is 0.251 e. The highest BCUT2D eigenvalue weighted by molar-refractivity contribution is 6.06. The molecule has 176 valence electrons. The van der Waals surface area contributed by atoms with Gasteiger partial charge in [0.1, 0.15) is 5.84 Å². The lowest BCUT2D eigenvalue weighted by Crippen LogP contribution is -2.38. The van der Waals surface area contributed by atoms with E-state index in [-0.39, 0.29) is 12.5 Å². The first kappa shape index (κ1) is 24.6. The molecule has 33 heavy (non-hydrogen) atoms. The molecule has 0 spiro atoms. The van der Waals surface area contributed by atoms with Gasteiger partial charge < -0.3 is 20.6 Å². The maximum atomic E-state index is 12.5. The van der Waals surface area contributed by atoms with Crippen molar-refractivity contribution in [2.45, 2.75) is 31.7 Å². The SMILES string of the molecule is C=C1CC(/C=C\C(=NC)NCCCO)=NC=C1c1ccc(C(=O)NCC2CCCN2C)cc1. The van der Waals surface area contributed by atoms with Crippen LogP contribution in [0, 0.1) is 0 Å². The number of aliphatic hydroxyl groups is 1. The predicted molar refractivity (Wildman–Crippen MR) is 136 cm³/mol. The van der Waals surface area contributed by atoms with E-state index >= 15 is 0 Å². The normalized spacial score (nSPS) is 19.5. The van der Waals surface area contributed by atoms with Crippen molar-refractivity contribution < 1.29 is 9.90 Å². The van der Waals surface area contributed by atoms with Gasteiger partial charge in [0.05, 0.1) is 0 Å². The van der Waals surface area contributed by atoms with Crippen molar-refractivity contribution >= 4 is 23.0 Å². The van der Waals surface area contributed by atoms with Crippen LogP contribution in [-0.4, -0.2) is 73.8 Å². The van der Waals surface area contributed by atoms with E-state index in [1.54, 1.807) is 7.05 Å². The summed E-state index contributed by atoms with van der Waals surface area (Å²) in [5, 5.41) is 15.1. The van der Waals surface area contributed by atoms with E-state index in [1.165, 1.54) is 6.42 Å². The molecule has 7 nitrogen and oxygen atoms in total. The number of aliphatic hydroxyl groups excluding tert-OH is 1. The van der Waals surface area contributed by atoms with Crippen LogP contribution in [0.3, 0.4) is 0 Å². The van der Waals surface area contributed by atoms with Gasteiger partial charge >= 0.3 is 0 Å². The van der Waals surface area contributed by atoms with Crippen LogP contribution < -0.4 is 10.6 Å². The molecule has 0 aromatic heterocycles. The van der Waals surface area contributed by atoms with Crippen molar-refractivity contribution in [3.05, 3.63) is 65.9 Å². The molecular weight excluding hydrogens is 414 g/mol. The van der Waals surface area contributed by atoms with E-state index in [0.717, 1.165) is 41.2 Å². The first-order valence-corrected chi connectivity index (χ1v) is 11.5. The first-order chi connectivity index (χ1) is 16.0. The highest BCUT2D eigenvalue weighted by atomic mass is 16.3. The number of likely N-dealkylation sites (tertiary alicyclic amines) is 1. The number of aliphatic imine (C=N–C) groups is 2. The number of amidine groups is 1. The van der Waals surface area contributed by atoms with Crippen LogP contribution in [0.25, 0.3) is 5.57 Å². The van der Waals surface area contributed by atoms with Crippen molar-refractivity contribution in [3.63, 3.8) is 0 Å². The summed E-state index contributed by atoms with van der Waals surface area (Å²) >= 11 is 0. The maximum Gasteiger partial charge on any atom is 0.251 e. The van der Waals surface area contributed by atoms with Gasteiger partial charge in [-0.2, -0.15) is 0 Å². The topological polar surface area (TPSA) is 89.3 Å². The van der Waals surface area contributed by atoms with Gasteiger partial charge in [-0.05, 0) is 68.3 Å². The number of hydrogen-bond donors (Lipinski definition) is 3. The highest BCUT2D eigenvalue weighted by Gasteiger charge is 2.21. The number of rotatable bonds is 9. The molecule has 1 saturated heterocycles. The van der Waals surface area contributed by atoms with E-state index in [4.69, 9.17) is 5.11 Å². The Morgan fingerprint density at radius 2 is 2.12 bits per heavy atom. The minimum Gasteiger partial charge on any atom is -0.396 e. The molecule has 3 N–H and O–H groups in total. The number of allylic oxidation sites excluding steroid dienone is 3. The minimum atomic E-state index is -0.0373. The van der Waals surface area contributed by atoms with Crippen molar-refractivity contribution in [2.75, 3.05) is 40.3 Å². The Kier molecular flexibility index (Phi) is 9.15. The molecular formula is C26H35N5O2. The number of carbonyl (C=O) groups is 1. The van der Waals surface area contributed by atoms with Crippen LogP contribution in [0.5, 0.6) is 0 Å². The van der Waals surface area contributed by atoms with E-state index in [9.17, 15) is 4.79 Å². The molecule has 1 amide bonds. The average molecular weight is 450 g/mol. The quantitative estimate of drug-likeness (QED) is 0.307. The zero-order chi connectivity index (χ0) is 23.6. The Hall–Kier alpha value is -3.03. The number of carbonyl (C=O) groups excluding carboxylic acids is 1. The number of amides is 1. The molecule has 0 radical (unpaired) electrons. The third-order valence-electron chi connectivity index (χ3n) is 6.08. The van der Waals surface area contributed by atoms with E-state index in [1.807, 2.05) is 42.6 Å². The van der Waals surface area contributed by atoms with E-state index in [0.29, 0.717) is 37.5 Å². The van der Waals surface area contributed by atoms with Gasteiger partial charge in [0, 0.05) is 62.3 Å². The molecule has 7 heteroatoms. The monoisotopic (exact) mass is 449 g/mol. The molecule has 1 aromatic rings. The Labute approximate surface area is 196 Å². The zero-order valence-electron chi connectivity index (χ0n) is 19.7. The van der Waals surface area contributed by atoms with Gasteiger partial charge in [-0.25, -0.2) is 0 Å². The number of nitrogens with one attached hydrogen (secondary N) is 2. The number of benzene rings is 1. The fourth-order valence-electron chi connectivity index (χ4n) is 4.01. The average Bonchev–Trinajstić information content (AvgIpc) is 3.24. The molecule has 2 heterocycles. The Balaban J connectivity index is 1.59. The van der Waals surface area contributed by atoms with Crippen LogP contribution in [0.4, 0.5) is 0 Å². The van der Waals surface area contributed by atoms with Crippen LogP contribution in [0.2, 0.25) is 0 Å². The molecule has 1 atom stereocenters. The summed E-state index contributed by atoms with van der Waals surface area (Å²) in [7, 11) is 3.84. The van der Waals surface area contributed by atoms with Crippen molar-refractivity contribution in [1.29, 1.82) is 0 Å². The van der Waals surface area contributed by atoms with Crippen LogP contribution in [-0.2, 0) is 0 Å². The largest absolute Gasteiger partial charge is 0.396 e. The van der Waals surface area contributed by atoms with Gasteiger partial charge in [-0.1, -0.05) is 18.7 Å². The molecule has 1 unspecified atom stereocenters. The molecule has 1 aromatic carbocycles. The Morgan fingerprint density at radius 1 is 1.33 bits per heavy atom. The van der Waals surface area contributed by atoms with Crippen LogP contribution >= 0.6 is 0 Å². The molecule has 2 aliphatic rings. The van der Waals surface area contributed by atoms with Gasteiger partial charge in [0.2, 0.25) is 0 Å². The fraction of sp³-hybridized carbons (Fsp3) is 0.423. The number of likely N-dealkylation sites (N-methyl/N-ethyl adjacent to an activating group) is 1. The van der Waals surface area contributed by atoms with Gasteiger partial charge in [0.25, 0.3) is 5.91 Å². The lowest BCUT2D eigenvalue weighted by atomic mass is 9.93. The fourth-order valence-corrected chi connectivity index (χ4v) is 4.01. The minimum absolute atomic E-state index is 0.0373. The van der Waals surface area contributed by atoms with Crippen molar-refractivity contribution in [2.24, 2.45) is 9.98 Å². The second-order valence-corrected chi connectivity index (χ2v) is 8.45. The number of hydrogen-bond acceptors (Lipinski definition) is 5.